The van der Waals surface area contributed by atoms with Gasteiger partial charge in [-0.25, -0.2) is 0 Å². The number of carboxylic acids is 1. The average Bonchev–Trinajstić information content (AvgIpc) is 2.78. The van der Waals surface area contributed by atoms with Crippen LogP contribution in [0.5, 0.6) is 0 Å². The maximum absolute atomic E-state index is 10.2. The normalized spacial score (nSPS) is 15.2. The van der Waals surface area contributed by atoms with E-state index in [9.17, 15) is 9.90 Å². The number of unbranched alkanes of at least 4 members (excludes halogenated alkanes) is 11. The first-order valence-electron chi connectivity index (χ1n) is 13.1. The number of aliphatic carboxylic acids is 1. The van der Waals surface area contributed by atoms with Crippen LogP contribution in [0.1, 0.15) is 96.8 Å². The number of nitrogens with zero attached hydrogens (tertiary/aromatic N) is 1. The summed E-state index contributed by atoms with van der Waals surface area (Å²) in [5.74, 6) is -0.914. The van der Waals surface area contributed by atoms with Gasteiger partial charge in [0.25, 0.3) is 0 Å². The molecule has 1 saturated heterocycles. The van der Waals surface area contributed by atoms with Gasteiger partial charge in [-0.3, -0.25) is 0 Å². The Balaban J connectivity index is 0.000000677. The summed E-state index contributed by atoms with van der Waals surface area (Å²) in [5.41, 5.74) is 0. The summed E-state index contributed by atoms with van der Waals surface area (Å²) in [6, 6.07) is 0. The molecule has 1 rings (SSSR count). The number of morpholine rings is 1. The third-order valence-corrected chi connectivity index (χ3v) is 6.10. The molecule has 1 heterocycles. The number of hydrogen-bond donors (Lipinski definition) is 0. The molecule has 1 aliphatic heterocycles. The van der Waals surface area contributed by atoms with Crippen LogP contribution < -0.4 is 5.11 Å². The monoisotopic (exact) mass is 449 g/mol. The number of carbonyl (C=O) groups excluding carboxylic acids is 1. The molecular weight excluding hydrogens is 398 g/mol. The van der Waals surface area contributed by atoms with Gasteiger partial charge in [0.2, 0.25) is 0 Å². The van der Waals surface area contributed by atoms with Gasteiger partial charge >= 0.3 is 0 Å². The third-order valence-electron chi connectivity index (χ3n) is 6.10. The number of quaternary nitrogens is 1. The van der Waals surface area contributed by atoms with Crippen molar-refractivity contribution in [2.24, 2.45) is 0 Å². The molecule has 0 unspecified atom stereocenters. The van der Waals surface area contributed by atoms with Crippen molar-refractivity contribution in [3.8, 4) is 0 Å². The summed E-state index contributed by atoms with van der Waals surface area (Å²) >= 11 is 0. The van der Waals surface area contributed by atoms with Crippen molar-refractivity contribution in [2.45, 2.75) is 96.8 Å². The lowest BCUT2D eigenvalue weighted by molar-refractivity contribution is -0.924. The molecule has 32 heavy (non-hydrogen) atoms. The van der Waals surface area contributed by atoms with Crippen LogP contribution in [-0.4, -0.2) is 49.8 Å². The van der Waals surface area contributed by atoms with Crippen LogP contribution in [0.4, 0.5) is 0 Å². The molecule has 0 N–H and O–H groups in total. The largest absolute Gasteiger partial charge is 0.550 e. The highest BCUT2D eigenvalue weighted by Gasteiger charge is 2.27. The minimum atomic E-state index is -0.914. The van der Waals surface area contributed by atoms with E-state index < -0.39 is 5.97 Å². The Bertz CT molecular complexity index is 469. The van der Waals surface area contributed by atoms with Gasteiger partial charge in [-0.05, 0) is 50.7 Å². The summed E-state index contributed by atoms with van der Waals surface area (Å²) in [5, 5.41) is 10.2. The first-order valence-corrected chi connectivity index (χ1v) is 13.1. The number of ether oxygens (including phenoxy) is 1. The fourth-order valence-corrected chi connectivity index (χ4v) is 4.06. The number of hydrogen-bond acceptors (Lipinski definition) is 3. The number of allylic oxidation sites excluding steroid dienone is 2. The maximum Gasteiger partial charge on any atom is 0.103 e. The standard InChI is InChI=1S/C18H34O2.C10H18NO/c1-2-3-4-5-6-7-8-9-10-11-12-13-14-15-16-17-18(19)20;1-3-5-11(6-4-2)7-9-12-10-8-11/h9-10H,2-8,11-17H2,1H3,(H,19,20);3-4H,1-2,5-10H2/q;+1/p-1/b10-9-;. The lowest BCUT2D eigenvalue weighted by Crippen LogP contribution is -2.55. The van der Waals surface area contributed by atoms with E-state index in [1.807, 2.05) is 12.2 Å². The maximum atomic E-state index is 10.2. The van der Waals surface area contributed by atoms with Gasteiger partial charge in [-0.1, -0.05) is 83.6 Å². The summed E-state index contributed by atoms with van der Waals surface area (Å²) in [6.07, 6.45) is 24.9. The van der Waals surface area contributed by atoms with Crippen molar-refractivity contribution in [1.82, 2.24) is 0 Å². The van der Waals surface area contributed by atoms with Crippen molar-refractivity contribution < 1.29 is 19.1 Å². The summed E-state index contributed by atoms with van der Waals surface area (Å²) in [7, 11) is 0. The van der Waals surface area contributed by atoms with E-state index in [1.165, 1.54) is 64.2 Å². The smallest absolute Gasteiger partial charge is 0.103 e. The Kier molecular flexibility index (Phi) is 21.8. The van der Waals surface area contributed by atoms with Gasteiger partial charge in [-0.15, -0.1) is 0 Å². The van der Waals surface area contributed by atoms with Gasteiger partial charge in [0.1, 0.15) is 13.1 Å². The van der Waals surface area contributed by atoms with Crippen LogP contribution in [0.15, 0.2) is 37.5 Å². The van der Waals surface area contributed by atoms with Crippen LogP contribution in [0.25, 0.3) is 0 Å². The molecule has 0 aromatic rings. The minimum Gasteiger partial charge on any atom is -0.550 e. The Morgan fingerprint density at radius 3 is 1.75 bits per heavy atom. The van der Waals surface area contributed by atoms with Gasteiger partial charge in [-0.2, -0.15) is 0 Å². The molecule has 0 aliphatic carbocycles. The zero-order valence-corrected chi connectivity index (χ0v) is 21.0. The van der Waals surface area contributed by atoms with Crippen molar-refractivity contribution in [3.05, 3.63) is 37.5 Å². The summed E-state index contributed by atoms with van der Waals surface area (Å²) in [6.45, 7) is 15.9. The van der Waals surface area contributed by atoms with Crippen LogP contribution in [0, 0.1) is 0 Å². The number of carboxylic acid groups (broad SMARTS) is 1. The highest BCUT2D eigenvalue weighted by molar-refractivity contribution is 5.64. The second-order valence-corrected chi connectivity index (χ2v) is 9.05. The number of carbonyl (C=O) groups is 1. The third kappa shape index (κ3) is 19.3. The predicted octanol–water partition coefficient (Wildman–Crippen LogP) is 5.98. The first kappa shape index (κ1) is 30.6. The van der Waals surface area contributed by atoms with E-state index in [0.29, 0.717) is 0 Å². The molecule has 0 atom stereocenters. The summed E-state index contributed by atoms with van der Waals surface area (Å²) in [4.78, 5) is 10.2. The molecule has 0 amide bonds. The van der Waals surface area contributed by atoms with E-state index >= 15 is 0 Å². The Labute approximate surface area is 199 Å². The molecule has 1 fully saturated rings. The Hall–Kier alpha value is -1.39. The molecule has 186 valence electrons. The lowest BCUT2D eigenvalue weighted by Gasteiger charge is -2.39. The SMILES string of the molecule is C=CC[N+]1(CC=C)CCOCC1.CCCCCCCC/C=C\CCCCCCCC(=O)[O-]. The Morgan fingerprint density at radius 2 is 1.28 bits per heavy atom. The second kappa shape index (κ2) is 22.8. The summed E-state index contributed by atoms with van der Waals surface area (Å²) < 4.78 is 6.41. The molecule has 0 spiro atoms. The Morgan fingerprint density at radius 1 is 0.812 bits per heavy atom. The van der Waals surface area contributed by atoms with E-state index in [-0.39, 0.29) is 6.42 Å². The molecule has 4 nitrogen and oxygen atoms in total. The molecular formula is C28H51NO3. The molecule has 0 aromatic carbocycles. The molecule has 0 saturated carbocycles. The highest BCUT2D eigenvalue weighted by atomic mass is 16.5. The molecule has 4 heteroatoms. The van der Waals surface area contributed by atoms with Crippen LogP contribution >= 0.6 is 0 Å². The van der Waals surface area contributed by atoms with Crippen LogP contribution in [0.3, 0.4) is 0 Å². The van der Waals surface area contributed by atoms with E-state index in [0.717, 1.165) is 63.1 Å². The number of rotatable bonds is 19. The van der Waals surface area contributed by atoms with Gasteiger partial charge < -0.3 is 19.1 Å². The van der Waals surface area contributed by atoms with E-state index in [1.54, 1.807) is 0 Å². The van der Waals surface area contributed by atoms with E-state index in [2.05, 4.69) is 32.2 Å². The lowest BCUT2D eigenvalue weighted by atomic mass is 10.1. The quantitative estimate of drug-likeness (QED) is 0.138. The highest BCUT2D eigenvalue weighted by Crippen LogP contribution is 2.11. The molecule has 0 radical (unpaired) electrons. The fraction of sp³-hybridized carbons (Fsp3) is 0.750. The van der Waals surface area contributed by atoms with Crippen molar-refractivity contribution in [1.29, 1.82) is 0 Å². The minimum absolute atomic E-state index is 0.220. The van der Waals surface area contributed by atoms with Crippen LogP contribution in [-0.2, 0) is 9.53 Å². The van der Waals surface area contributed by atoms with Crippen molar-refractivity contribution in [3.63, 3.8) is 0 Å². The first-order chi connectivity index (χ1) is 15.6. The van der Waals surface area contributed by atoms with E-state index in [4.69, 9.17) is 4.74 Å². The zero-order valence-electron chi connectivity index (χ0n) is 21.0. The predicted molar refractivity (Wildman–Crippen MR) is 135 cm³/mol. The van der Waals surface area contributed by atoms with Crippen molar-refractivity contribution in [2.75, 3.05) is 39.4 Å². The topological polar surface area (TPSA) is 49.4 Å². The average molecular weight is 450 g/mol. The zero-order chi connectivity index (χ0) is 23.8. The molecule has 0 aromatic heterocycles. The van der Waals surface area contributed by atoms with Crippen LogP contribution in [0.2, 0.25) is 0 Å². The molecule has 1 aliphatic rings. The second-order valence-electron chi connectivity index (χ2n) is 9.05. The fourth-order valence-electron chi connectivity index (χ4n) is 4.06. The van der Waals surface area contributed by atoms with Gasteiger partial charge in [0.15, 0.2) is 0 Å². The van der Waals surface area contributed by atoms with Crippen molar-refractivity contribution >= 4 is 5.97 Å². The van der Waals surface area contributed by atoms with Gasteiger partial charge in [0, 0.05) is 5.97 Å². The molecule has 0 bridgehead atoms. The van der Waals surface area contributed by atoms with Gasteiger partial charge in [0.05, 0.1) is 26.3 Å².